The number of aliphatic hydroxyl groups excluding tert-OH is 3. The molecule has 18 heavy (non-hydrogen) atoms. The van der Waals surface area contributed by atoms with Gasteiger partial charge in [-0.25, -0.2) is 0 Å². The maximum absolute atomic E-state index is 12.2. The minimum atomic E-state index is -3.35. The molecule has 0 radical (unpaired) electrons. The van der Waals surface area contributed by atoms with Crippen LogP contribution < -0.4 is 0 Å². The number of ether oxygens (including phenoxy) is 1. The van der Waals surface area contributed by atoms with Gasteiger partial charge in [0.2, 0.25) is 0 Å². The van der Waals surface area contributed by atoms with Gasteiger partial charge in [-0.3, -0.25) is 4.57 Å². The number of aliphatic hydroxyl groups is 3. The summed E-state index contributed by atoms with van der Waals surface area (Å²) in [6.45, 7) is 3.38. The van der Waals surface area contributed by atoms with Crippen molar-refractivity contribution in [3.8, 4) is 0 Å². The molecule has 0 saturated carbocycles. The molecule has 0 aromatic carbocycles. The van der Waals surface area contributed by atoms with Gasteiger partial charge in [-0.05, 0) is 13.8 Å². The molecular weight excluding hydrogens is 263 g/mol. The van der Waals surface area contributed by atoms with Gasteiger partial charge in [0.05, 0.1) is 32.1 Å². The van der Waals surface area contributed by atoms with E-state index in [-0.39, 0.29) is 19.4 Å². The highest BCUT2D eigenvalue weighted by atomic mass is 31.2. The van der Waals surface area contributed by atoms with Crippen LogP contribution in [0.1, 0.15) is 13.8 Å². The Bertz CT molecular complexity index is 288. The van der Waals surface area contributed by atoms with E-state index in [0.29, 0.717) is 0 Å². The predicted octanol–water partition coefficient (Wildman–Crippen LogP) is -0.266. The molecule has 1 rings (SSSR count). The number of hydrogen-bond donors (Lipinski definition) is 3. The second-order valence-electron chi connectivity index (χ2n) is 4.01. The summed E-state index contributed by atoms with van der Waals surface area (Å²) in [5.41, 5.74) is 0. The van der Waals surface area contributed by atoms with Gasteiger partial charge in [0.25, 0.3) is 0 Å². The Kier molecular flexibility index (Phi) is 6.20. The topological polar surface area (TPSA) is 105 Å². The molecule has 0 aromatic heterocycles. The average molecular weight is 284 g/mol. The molecule has 1 fully saturated rings. The van der Waals surface area contributed by atoms with E-state index < -0.39 is 38.6 Å². The molecule has 1 aliphatic heterocycles. The van der Waals surface area contributed by atoms with Crippen LogP contribution in [-0.4, -0.2) is 65.7 Å². The molecule has 0 aromatic rings. The van der Waals surface area contributed by atoms with E-state index in [9.17, 15) is 14.8 Å². The van der Waals surface area contributed by atoms with Crippen LogP contribution in [0.25, 0.3) is 0 Å². The Hall–Kier alpha value is -0.0100. The normalized spacial score (nSPS) is 32.9. The van der Waals surface area contributed by atoms with Crippen LogP contribution in [-0.2, 0) is 18.3 Å². The minimum absolute atomic E-state index is 0.149. The highest BCUT2D eigenvalue weighted by molar-refractivity contribution is 7.53. The van der Waals surface area contributed by atoms with Gasteiger partial charge in [0, 0.05) is 0 Å². The van der Waals surface area contributed by atoms with Crippen molar-refractivity contribution in [3.63, 3.8) is 0 Å². The monoisotopic (exact) mass is 284 g/mol. The summed E-state index contributed by atoms with van der Waals surface area (Å²) < 4.78 is 27.6. The summed E-state index contributed by atoms with van der Waals surface area (Å²) in [5, 5.41) is 28.3. The summed E-state index contributed by atoms with van der Waals surface area (Å²) in [4.78, 5) is 0. The first-order chi connectivity index (χ1) is 8.47. The maximum atomic E-state index is 12.2. The summed E-state index contributed by atoms with van der Waals surface area (Å²) in [6.07, 6.45) is -4.31. The molecule has 1 aliphatic rings. The van der Waals surface area contributed by atoms with Gasteiger partial charge in [-0.15, -0.1) is 0 Å². The van der Waals surface area contributed by atoms with Gasteiger partial charge in [-0.1, -0.05) is 0 Å². The van der Waals surface area contributed by atoms with E-state index in [1.165, 1.54) is 0 Å². The molecule has 7 nitrogen and oxygen atoms in total. The Morgan fingerprint density at radius 3 is 2.00 bits per heavy atom. The summed E-state index contributed by atoms with van der Waals surface area (Å²) in [6, 6.07) is 0. The lowest BCUT2D eigenvalue weighted by Crippen LogP contribution is -2.35. The first kappa shape index (κ1) is 16.0. The maximum Gasteiger partial charge on any atom is 0.333 e. The Balaban J connectivity index is 2.67. The first-order valence-electron chi connectivity index (χ1n) is 5.98. The van der Waals surface area contributed by atoms with Crippen LogP contribution in [0.15, 0.2) is 0 Å². The standard InChI is InChI=1S/C10H21O7P/c1-3-15-18(14,16-4-2)6-8-10(13)9(12)7(5-11)17-8/h7-13H,3-6H2,1-2H3. The molecule has 8 heteroatoms. The molecule has 0 amide bonds. The molecule has 4 unspecified atom stereocenters. The van der Waals surface area contributed by atoms with Crippen molar-refractivity contribution < 1.29 is 33.7 Å². The summed E-state index contributed by atoms with van der Waals surface area (Å²) in [7, 11) is -3.35. The second-order valence-corrected chi connectivity index (χ2v) is 6.11. The molecule has 1 saturated heterocycles. The van der Waals surface area contributed by atoms with Crippen molar-refractivity contribution >= 4 is 7.60 Å². The van der Waals surface area contributed by atoms with E-state index >= 15 is 0 Å². The van der Waals surface area contributed by atoms with Crippen LogP contribution in [0.4, 0.5) is 0 Å². The summed E-state index contributed by atoms with van der Waals surface area (Å²) >= 11 is 0. The van der Waals surface area contributed by atoms with Gasteiger partial charge in [0.15, 0.2) is 0 Å². The van der Waals surface area contributed by atoms with Gasteiger partial charge < -0.3 is 29.1 Å². The molecule has 0 bridgehead atoms. The first-order valence-corrected chi connectivity index (χ1v) is 7.70. The van der Waals surface area contributed by atoms with Gasteiger partial charge >= 0.3 is 7.60 Å². The van der Waals surface area contributed by atoms with Crippen LogP contribution in [0.5, 0.6) is 0 Å². The van der Waals surface area contributed by atoms with Crippen LogP contribution in [0.2, 0.25) is 0 Å². The van der Waals surface area contributed by atoms with E-state index in [4.69, 9.17) is 18.9 Å². The van der Waals surface area contributed by atoms with Crippen molar-refractivity contribution in [3.05, 3.63) is 0 Å². The molecule has 3 N–H and O–H groups in total. The SMILES string of the molecule is CCOP(=O)(CC1OC(CO)C(O)C1O)OCC. The Morgan fingerprint density at radius 2 is 1.61 bits per heavy atom. The highest BCUT2D eigenvalue weighted by Crippen LogP contribution is 2.50. The second kappa shape index (κ2) is 6.96. The van der Waals surface area contributed by atoms with Crippen LogP contribution in [0.3, 0.4) is 0 Å². The third-order valence-corrected chi connectivity index (χ3v) is 4.81. The minimum Gasteiger partial charge on any atom is -0.394 e. The highest BCUT2D eigenvalue weighted by Gasteiger charge is 2.45. The smallest absolute Gasteiger partial charge is 0.333 e. The van der Waals surface area contributed by atoms with E-state index in [0.717, 1.165) is 0 Å². The lowest BCUT2D eigenvalue weighted by molar-refractivity contribution is -0.0177. The van der Waals surface area contributed by atoms with Crippen LogP contribution >= 0.6 is 7.60 Å². The molecule has 0 aliphatic carbocycles. The molecular formula is C10H21O7P. The lowest BCUT2D eigenvalue weighted by atomic mass is 10.1. The van der Waals surface area contributed by atoms with Crippen molar-refractivity contribution in [2.45, 2.75) is 38.3 Å². The third kappa shape index (κ3) is 3.74. The van der Waals surface area contributed by atoms with Crippen molar-refractivity contribution in [2.75, 3.05) is 26.0 Å². The Morgan fingerprint density at radius 1 is 1.11 bits per heavy atom. The number of rotatable bonds is 7. The molecule has 4 atom stereocenters. The van der Waals surface area contributed by atoms with Gasteiger partial charge in [0.1, 0.15) is 18.3 Å². The van der Waals surface area contributed by atoms with Crippen molar-refractivity contribution in [1.29, 1.82) is 0 Å². The molecule has 0 spiro atoms. The van der Waals surface area contributed by atoms with E-state index in [2.05, 4.69) is 0 Å². The average Bonchev–Trinajstić information content (AvgIpc) is 2.57. The van der Waals surface area contributed by atoms with Crippen molar-refractivity contribution in [2.24, 2.45) is 0 Å². The Labute approximate surface area is 106 Å². The molecule has 108 valence electrons. The van der Waals surface area contributed by atoms with Gasteiger partial charge in [-0.2, -0.15) is 0 Å². The van der Waals surface area contributed by atoms with E-state index in [1.807, 2.05) is 0 Å². The fourth-order valence-electron chi connectivity index (χ4n) is 1.88. The zero-order valence-electron chi connectivity index (χ0n) is 10.6. The zero-order chi connectivity index (χ0) is 13.8. The quantitative estimate of drug-likeness (QED) is 0.553. The zero-order valence-corrected chi connectivity index (χ0v) is 11.5. The predicted molar refractivity (Wildman–Crippen MR) is 63.5 cm³/mol. The fraction of sp³-hybridized carbons (Fsp3) is 1.00. The lowest BCUT2D eigenvalue weighted by Gasteiger charge is -2.21. The summed E-state index contributed by atoms with van der Waals surface area (Å²) in [5.74, 6) is 0. The van der Waals surface area contributed by atoms with E-state index in [1.54, 1.807) is 13.8 Å². The number of hydrogen-bond acceptors (Lipinski definition) is 7. The fourth-order valence-corrected chi connectivity index (χ4v) is 3.70. The largest absolute Gasteiger partial charge is 0.394 e. The third-order valence-electron chi connectivity index (χ3n) is 2.70. The van der Waals surface area contributed by atoms with Crippen molar-refractivity contribution in [1.82, 2.24) is 0 Å². The molecule has 1 heterocycles. The van der Waals surface area contributed by atoms with Crippen LogP contribution in [0, 0.1) is 0 Å².